The molecule has 0 spiro atoms. The molecular weight excluding hydrogens is 188 g/mol. The molecule has 2 atom stereocenters. The van der Waals surface area contributed by atoms with Gasteiger partial charge in [0.2, 0.25) is 0 Å². The van der Waals surface area contributed by atoms with E-state index >= 15 is 0 Å². The molecule has 2 unspecified atom stereocenters. The number of hydrogen-bond acceptors (Lipinski definition) is 2. The molecule has 0 aliphatic heterocycles. The first-order chi connectivity index (χ1) is 6.78. The van der Waals surface area contributed by atoms with Gasteiger partial charge in [0.25, 0.3) is 0 Å². The summed E-state index contributed by atoms with van der Waals surface area (Å²) in [5.41, 5.74) is -0.694. The molecule has 0 radical (unpaired) electrons. The summed E-state index contributed by atoms with van der Waals surface area (Å²) in [7, 11) is 0. The second-order valence-electron chi connectivity index (χ2n) is 4.60. The van der Waals surface area contributed by atoms with E-state index in [0.29, 0.717) is 5.92 Å². The second-order valence-corrected chi connectivity index (χ2v) is 4.60. The number of aliphatic hydroxyl groups excluding tert-OH is 1. The van der Waals surface area contributed by atoms with Gasteiger partial charge in [-0.2, -0.15) is 0 Å². The first kappa shape index (κ1) is 17.1. The highest BCUT2D eigenvalue weighted by atomic mass is 16.3. The minimum absolute atomic E-state index is 0.0788. The van der Waals surface area contributed by atoms with E-state index in [-0.39, 0.29) is 6.10 Å². The highest BCUT2D eigenvalue weighted by molar-refractivity contribution is 4.86. The molecule has 0 heterocycles. The molecule has 0 saturated heterocycles. The summed E-state index contributed by atoms with van der Waals surface area (Å²) in [6.45, 7) is 13.0. The van der Waals surface area contributed by atoms with Crippen molar-refractivity contribution in [2.24, 2.45) is 5.92 Å². The monoisotopic (exact) mass is 216 g/mol. The Balaban J connectivity index is 0. The Labute approximate surface area is 95.0 Å². The van der Waals surface area contributed by atoms with Gasteiger partial charge in [-0.05, 0) is 32.6 Å². The van der Waals surface area contributed by atoms with Crippen molar-refractivity contribution in [1.82, 2.24) is 0 Å². The van der Waals surface area contributed by atoms with Gasteiger partial charge in [-0.25, -0.2) is 0 Å². The smallest absolute Gasteiger partial charge is 0.0769 e. The number of aliphatic hydroxyl groups is 2. The maximum atomic E-state index is 9.26. The summed E-state index contributed by atoms with van der Waals surface area (Å²) in [5.74, 6) is 0.486. The molecule has 92 valence electrons. The first-order valence-electron chi connectivity index (χ1n) is 5.82. The van der Waals surface area contributed by atoms with Gasteiger partial charge in [-0.15, -0.1) is 6.58 Å². The van der Waals surface area contributed by atoms with Gasteiger partial charge in [0.1, 0.15) is 0 Å². The van der Waals surface area contributed by atoms with E-state index < -0.39 is 5.60 Å². The average Bonchev–Trinajstić information content (AvgIpc) is 2.17. The molecule has 15 heavy (non-hydrogen) atoms. The van der Waals surface area contributed by atoms with Crippen LogP contribution >= 0.6 is 0 Å². The summed E-state index contributed by atoms with van der Waals surface area (Å²) in [6.07, 6.45) is 4.63. The molecule has 0 aliphatic rings. The van der Waals surface area contributed by atoms with Crippen molar-refractivity contribution in [2.75, 3.05) is 0 Å². The van der Waals surface area contributed by atoms with Crippen molar-refractivity contribution in [1.29, 1.82) is 0 Å². The molecule has 0 aromatic rings. The normalized spacial score (nSPS) is 14.9. The van der Waals surface area contributed by atoms with Crippen LogP contribution in [0.25, 0.3) is 0 Å². The van der Waals surface area contributed by atoms with Crippen LogP contribution in [0.15, 0.2) is 12.7 Å². The molecule has 0 bridgehead atoms. The summed E-state index contributed by atoms with van der Waals surface area (Å²) >= 11 is 0. The number of hydrogen-bond donors (Lipinski definition) is 2. The van der Waals surface area contributed by atoms with Crippen molar-refractivity contribution in [3.8, 4) is 0 Å². The van der Waals surface area contributed by atoms with Gasteiger partial charge in [0, 0.05) is 0 Å². The molecule has 0 aromatic carbocycles. The van der Waals surface area contributed by atoms with Crippen LogP contribution in [0.3, 0.4) is 0 Å². The molecule has 0 aliphatic carbocycles. The largest absolute Gasteiger partial charge is 0.393 e. The third-order valence-corrected chi connectivity index (χ3v) is 2.32. The Morgan fingerprint density at radius 2 is 1.73 bits per heavy atom. The fraction of sp³-hybridized carbons (Fsp3) is 0.846. The SMILES string of the molecule is C=CC(C)(C)O.CCCC(C)C(O)CC. The molecular formula is C13H28O2. The van der Waals surface area contributed by atoms with Crippen LogP contribution in [-0.4, -0.2) is 21.9 Å². The van der Waals surface area contributed by atoms with Crippen LogP contribution in [0, 0.1) is 5.92 Å². The van der Waals surface area contributed by atoms with Crippen LogP contribution in [0.5, 0.6) is 0 Å². The molecule has 2 heteroatoms. The minimum atomic E-state index is -0.694. The van der Waals surface area contributed by atoms with Crippen molar-refractivity contribution >= 4 is 0 Å². The van der Waals surface area contributed by atoms with Crippen LogP contribution in [0.2, 0.25) is 0 Å². The van der Waals surface area contributed by atoms with Gasteiger partial charge >= 0.3 is 0 Å². The van der Waals surface area contributed by atoms with Crippen molar-refractivity contribution in [3.05, 3.63) is 12.7 Å². The average molecular weight is 216 g/mol. The molecule has 2 N–H and O–H groups in total. The van der Waals surface area contributed by atoms with Crippen molar-refractivity contribution < 1.29 is 10.2 Å². The van der Waals surface area contributed by atoms with Crippen LogP contribution < -0.4 is 0 Å². The minimum Gasteiger partial charge on any atom is -0.393 e. The first-order valence-corrected chi connectivity index (χ1v) is 5.82. The van der Waals surface area contributed by atoms with Gasteiger partial charge < -0.3 is 10.2 Å². The lowest BCUT2D eigenvalue weighted by molar-refractivity contribution is 0.107. The van der Waals surface area contributed by atoms with Crippen molar-refractivity contribution in [2.45, 2.75) is 65.6 Å². The van der Waals surface area contributed by atoms with Crippen LogP contribution in [-0.2, 0) is 0 Å². The molecule has 0 amide bonds. The highest BCUT2D eigenvalue weighted by Crippen LogP contribution is 2.12. The van der Waals surface area contributed by atoms with Crippen molar-refractivity contribution in [3.63, 3.8) is 0 Å². The highest BCUT2D eigenvalue weighted by Gasteiger charge is 2.09. The quantitative estimate of drug-likeness (QED) is 0.693. The maximum absolute atomic E-state index is 9.26. The fourth-order valence-electron chi connectivity index (χ4n) is 1.05. The van der Waals surface area contributed by atoms with E-state index in [2.05, 4.69) is 20.4 Å². The molecule has 2 nitrogen and oxygen atoms in total. The lowest BCUT2D eigenvalue weighted by Crippen LogP contribution is -2.15. The van der Waals surface area contributed by atoms with Gasteiger partial charge in [0.05, 0.1) is 11.7 Å². The van der Waals surface area contributed by atoms with E-state index in [9.17, 15) is 5.11 Å². The van der Waals surface area contributed by atoms with Gasteiger partial charge in [-0.1, -0.05) is 33.3 Å². The lowest BCUT2D eigenvalue weighted by Gasteiger charge is -2.15. The molecule has 0 saturated carbocycles. The Kier molecular flexibility index (Phi) is 10.2. The maximum Gasteiger partial charge on any atom is 0.0769 e. The van der Waals surface area contributed by atoms with Gasteiger partial charge in [-0.3, -0.25) is 0 Å². The summed E-state index contributed by atoms with van der Waals surface area (Å²) in [6, 6.07) is 0. The van der Waals surface area contributed by atoms with Crippen LogP contribution in [0.4, 0.5) is 0 Å². The second kappa shape index (κ2) is 8.93. The zero-order valence-electron chi connectivity index (χ0n) is 11.0. The summed E-state index contributed by atoms with van der Waals surface area (Å²) < 4.78 is 0. The fourth-order valence-corrected chi connectivity index (χ4v) is 1.05. The van der Waals surface area contributed by atoms with E-state index in [1.165, 1.54) is 12.5 Å². The predicted octanol–water partition coefficient (Wildman–Crippen LogP) is 3.14. The topological polar surface area (TPSA) is 40.5 Å². The zero-order valence-corrected chi connectivity index (χ0v) is 11.0. The van der Waals surface area contributed by atoms with Crippen LogP contribution in [0.1, 0.15) is 53.9 Å². The third kappa shape index (κ3) is 13.7. The zero-order chi connectivity index (χ0) is 12.5. The Bertz CT molecular complexity index is 147. The van der Waals surface area contributed by atoms with Gasteiger partial charge in [0.15, 0.2) is 0 Å². The predicted molar refractivity (Wildman–Crippen MR) is 66.9 cm³/mol. The molecule has 0 aromatic heterocycles. The van der Waals surface area contributed by atoms with E-state index in [1.807, 2.05) is 6.92 Å². The Morgan fingerprint density at radius 3 is 1.93 bits per heavy atom. The molecule has 0 fully saturated rings. The van der Waals surface area contributed by atoms with E-state index in [1.54, 1.807) is 13.8 Å². The standard InChI is InChI=1S/C8H18O.C5H10O/c1-4-6-7(3)8(9)5-2;1-4-5(2,3)6/h7-9H,4-6H2,1-3H3;4,6H,1H2,2-3H3. The summed E-state index contributed by atoms with van der Waals surface area (Å²) in [4.78, 5) is 0. The third-order valence-electron chi connectivity index (χ3n) is 2.32. The Morgan fingerprint density at radius 1 is 1.33 bits per heavy atom. The Hall–Kier alpha value is -0.340. The molecule has 0 rings (SSSR count). The summed E-state index contributed by atoms with van der Waals surface area (Å²) in [5, 5.41) is 18.0. The van der Waals surface area contributed by atoms with E-state index in [0.717, 1.165) is 12.8 Å². The number of rotatable bonds is 5. The van der Waals surface area contributed by atoms with E-state index in [4.69, 9.17) is 5.11 Å². The lowest BCUT2D eigenvalue weighted by atomic mass is 9.98.